The Kier molecular flexibility index (Phi) is 3.72. The quantitative estimate of drug-likeness (QED) is 0.914. The van der Waals surface area contributed by atoms with Gasteiger partial charge in [0.15, 0.2) is 0 Å². The van der Waals surface area contributed by atoms with E-state index in [4.69, 9.17) is 20.9 Å². The van der Waals surface area contributed by atoms with Crippen LogP contribution in [-0.2, 0) is 11.2 Å². The molecule has 1 N–H and O–H groups in total. The lowest BCUT2D eigenvalue weighted by atomic mass is 10.2. The van der Waals surface area contributed by atoms with Crippen molar-refractivity contribution in [2.24, 2.45) is 0 Å². The molecule has 0 aromatic carbocycles. The van der Waals surface area contributed by atoms with Crippen LogP contribution >= 0.6 is 11.6 Å². The molecule has 0 bridgehead atoms. The van der Waals surface area contributed by atoms with Crippen LogP contribution in [0.5, 0.6) is 0 Å². The highest BCUT2D eigenvalue weighted by molar-refractivity contribution is 6.32. The molecule has 0 aliphatic carbocycles. The van der Waals surface area contributed by atoms with Gasteiger partial charge < -0.3 is 14.6 Å². The number of halogens is 1. The average Bonchev–Trinajstić information content (AvgIpc) is 2.89. The van der Waals surface area contributed by atoms with Crippen LogP contribution in [0.4, 0.5) is 0 Å². The lowest BCUT2D eigenvalue weighted by Gasteiger charge is -2.21. The van der Waals surface area contributed by atoms with Crippen molar-refractivity contribution in [1.29, 1.82) is 0 Å². The maximum Gasteiger partial charge on any atom is 0.229 e. The van der Waals surface area contributed by atoms with Gasteiger partial charge in [-0.3, -0.25) is 4.98 Å². The third kappa shape index (κ3) is 2.91. The van der Waals surface area contributed by atoms with Gasteiger partial charge in [0.1, 0.15) is 5.69 Å². The monoisotopic (exact) mass is 280 g/mol. The molecule has 2 aromatic rings. The summed E-state index contributed by atoms with van der Waals surface area (Å²) in [6.07, 6.45) is 2.30. The van der Waals surface area contributed by atoms with Gasteiger partial charge in [0, 0.05) is 19.3 Å². The Bertz CT molecular complexity index is 554. The van der Waals surface area contributed by atoms with Gasteiger partial charge in [-0.15, -0.1) is 0 Å². The maximum atomic E-state index is 6.04. The first kappa shape index (κ1) is 12.5. The highest BCUT2D eigenvalue weighted by Crippen LogP contribution is 2.22. The first-order valence-electron chi connectivity index (χ1n) is 6.09. The fourth-order valence-corrected chi connectivity index (χ4v) is 2.14. The minimum Gasteiger partial charge on any atom is -0.375 e. The number of hydrogen-bond acceptors (Lipinski definition) is 6. The third-order valence-corrected chi connectivity index (χ3v) is 3.15. The zero-order valence-electron chi connectivity index (χ0n) is 10.2. The summed E-state index contributed by atoms with van der Waals surface area (Å²) in [6.45, 7) is 2.38. The molecule has 1 fully saturated rings. The number of aromatic nitrogens is 3. The molecular weight excluding hydrogens is 268 g/mol. The van der Waals surface area contributed by atoms with Crippen LogP contribution in [0, 0.1) is 0 Å². The van der Waals surface area contributed by atoms with E-state index in [1.165, 1.54) is 0 Å². The molecule has 1 aliphatic heterocycles. The zero-order valence-corrected chi connectivity index (χ0v) is 10.9. The maximum absolute atomic E-state index is 6.04. The number of nitrogens with one attached hydrogen (secondary N) is 1. The molecule has 3 heterocycles. The highest BCUT2D eigenvalue weighted by Gasteiger charge is 2.19. The number of morpholine rings is 1. The molecule has 3 rings (SSSR count). The summed E-state index contributed by atoms with van der Waals surface area (Å²) in [5.41, 5.74) is 0.529. The Hall–Kier alpha value is -1.50. The summed E-state index contributed by atoms with van der Waals surface area (Å²) in [5.74, 6) is 0.940. The molecule has 100 valence electrons. The van der Waals surface area contributed by atoms with Crippen LogP contribution in [-0.4, -0.2) is 40.9 Å². The van der Waals surface area contributed by atoms with Crippen molar-refractivity contribution in [3.63, 3.8) is 0 Å². The number of pyridine rings is 1. The topological polar surface area (TPSA) is 73.1 Å². The van der Waals surface area contributed by atoms with Gasteiger partial charge in [-0.1, -0.05) is 16.8 Å². The SMILES string of the molecule is Clc1cccnc1-c1noc(CC2CNCCO2)n1. The second-order valence-corrected chi connectivity index (χ2v) is 4.65. The Morgan fingerprint density at radius 3 is 3.21 bits per heavy atom. The largest absolute Gasteiger partial charge is 0.375 e. The normalized spacial score (nSPS) is 19.5. The number of rotatable bonds is 3. The second-order valence-electron chi connectivity index (χ2n) is 4.25. The molecule has 1 aliphatic rings. The number of ether oxygens (including phenoxy) is 1. The standard InChI is InChI=1S/C12H13ClN4O2/c13-9-2-1-3-15-11(9)12-16-10(19-17-12)6-8-7-14-4-5-18-8/h1-3,8,14H,4-7H2. The van der Waals surface area contributed by atoms with Crippen molar-refractivity contribution in [1.82, 2.24) is 20.4 Å². The van der Waals surface area contributed by atoms with Gasteiger partial charge in [-0.2, -0.15) is 4.98 Å². The Labute approximate surface area is 115 Å². The van der Waals surface area contributed by atoms with E-state index in [1.807, 2.05) is 0 Å². The van der Waals surface area contributed by atoms with Crippen LogP contribution in [0.1, 0.15) is 5.89 Å². The van der Waals surface area contributed by atoms with Crippen LogP contribution in [0.2, 0.25) is 5.02 Å². The first-order chi connectivity index (χ1) is 9.33. The fourth-order valence-electron chi connectivity index (χ4n) is 1.93. The molecule has 0 saturated carbocycles. The second kappa shape index (κ2) is 5.64. The fraction of sp³-hybridized carbons (Fsp3) is 0.417. The van der Waals surface area contributed by atoms with E-state index in [1.54, 1.807) is 18.3 Å². The molecule has 0 amide bonds. The summed E-state index contributed by atoms with van der Waals surface area (Å²) < 4.78 is 10.8. The molecule has 1 saturated heterocycles. The molecule has 1 unspecified atom stereocenters. The Morgan fingerprint density at radius 2 is 2.42 bits per heavy atom. The van der Waals surface area contributed by atoms with Gasteiger partial charge in [-0.25, -0.2) is 0 Å². The molecule has 19 heavy (non-hydrogen) atoms. The van der Waals surface area contributed by atoms with Crippen molar-refractivity contribution in [2.75, 3.05) is 19.7 Å². The van der Waals surface area contributed by atoms with Crippen LogP contribution in [0.15, 0.2) is 22.9 Å². The molecule has 1 atom stereocenters. The minimum absolute atomic E-state index is 0.0706. The van der Waals surface area contributed by atoms with Crippen molar-refractivity contribution in [3.8, 4) is 11.5 Å². The molecule has 7 heteroatoms. The third-order valence-electron chi connectivity index (χ3n) is 2.85. The molecule has 2 aromatic heterocycles. The van der Waals surface area contributed by atoms with E-state index in [0.717, 1.165) is 13.1 Å². The lowest BCUT2D eigenvalue weighted by molar-refractivity contribution is 0.0246. The van der Waals surface area contributed by atoms with E-state index in [9.17, 15) is 0 Å². The average molecular weight is 281 g/mol. The Morgan fingerprint density at radius 1 is 1.47 bits per heavy atom. The van der Waals surface area contributed by atoms with Gasteiger partial charge in [-0.05, 0) is 12.1 Å². The first-order valence-corrected chi connectivity index (χ1v) is 6.46. The molecule has 0 spiro atoms. The summed E-state index contributed by atoms with van der Waals surface area (Å²) in [4.78, 5) is 8.45. The van der Waals surface area contributed by atoms with Crippen molar-refractivity contribution < 1.29 is 9.26 Å². The van der Waals surface area contributed by atoms with Gasteiger partial charge >= 0.3 is 0 Å². The zero-order chi connectivity index (χ0) is 13.1. The number of hydrogen-bond donors (Lipinski definition) is 1. The van der Waals surface area contributed by atoms with Gasteiger partial charge in [0.2, 0.25) is 11.7 Å². The summed E-state index contributed by atoms with van der Waals surface area (Å²) >= 11 is 6.04. The smallest absolute Gasteiger partial charge is 0.229 e. The molecule has 6 nitrogen and oxygen atoms in total. The molecule has 0 radical (unpaired) electrons. The van der Waals surface area contributed by atoms with E-state index >= 15 is 0 Å². The molecular formula is C12H13ClN4O2. The van der Waals surface area contributed by atoms with E-state index < -0.39 is 0 Å². The van der Waals surface area contributed by atoms with Gasteiger partial charge in [0.25, 0.3) is 0 Å². The van der Waals surface area contributed by atoms with E-state index in [-0.39, 0.29) is 6.10 Å². The Balaban J connectivity index is 1.74. The number of nitrogens with zero attached hydrogens (tertiary/aromatic N) is 3. The minimum atomic E-state index is 0.0706. The van der Waals surface area contributed by atoms with Crippen LogP contribution < -0.4 is 5.32 Å². The predicted molar refractivity (Wildman–Crippen MR) is 68.9 cm³/mol. The van der Waals surface area contributed by atoms with Crippen LogP contribution in [0.25, 0.3) is 11.5 Å². The van der Waals surface area contributed by atoms with Crippen molar-refractivity contribution in [3.05, 3.63) is 29.2 Å². The van der Waals surface area contributed by atoms with E-state index in [2.05, 4.69) is 20.4 Å². The summed E-state index contributed by atoms with van der Waals surface area (Å²) in [6, 6.07) is 3.50. The summed E-state index contributed by atoms with van der Waals surface area (Å²) in [5, 5.41) is 7.66. The lowest BCUT2D eigenvalue weighted by Crippen LogP contribution is -2.39. The highest BCUT2D eigenvalue weighted by atomic mass is 35.5. The van der Waals surface area contributed by atoms with Crippen molar-refractivity contribution >= 4 is 11.6 Å². The van der Waals surface area contributed by atoms with Crippen molar-refractivity contribution in [2.45, 2.75) is 12.5 Å². The summed E-state index contributed by atoms with van der Waals surface area (Å²) in [7, 11) is 0. The predicted octanol–water partition coefficient (Wildman–Crippen LogP) is 1.32. The van der Waals surface area contributed by atoms with E-state index in [0.29, 0.717) is 35.5 Å². The van der Waals surface area contributed by atoms with Gasteiger partial charge in [0.05, 0.1) is 24.2 Å². The van der Waals surface area contributed by atoms with Crippen LogP contribution in [0.3, 0.4) is 0 Å².